The molecule has 17 heavy (non-hydrogen) atoms. The van der Waals surface area contributed by atoms with Crippen LogP contribution >= 0.6 is 0 Å². The van der Waals surface area contributed by atoms with Crippen LogP contribution in [0.25, 0.3) is 0 Å². The van der Waals surface area contributed by atoms with Crippen molar-refractivity contribution in [2.45, 2.75) is 75.9 Å². The highest BCUT2D eigenvalue weighted by Gasteiger charge is 2.50. The maximum absolute atomic E-state index is 11.0. The summed E-state index contributed by atoms with van der Waals surface area (Å²) in [5.41, 5.74) is -0.362. The molecule has 4 rings (SSSR count). The zero-order valence-electron chi connectivity index (χ0n) is 11.0. The first-order chi connectivity index (χ1) is 8.29. The number of aliphatic hydroxyl groups is 1. The number of piperidine rings is 1. The molecule has 4 aliphatic rings. The average molecular weight is 237 g/mol. The fourth-order valence-corrected chi connectivity index (χ4v) is 4.57. The van der Waals surface area contributed by atoms with Crippen molar-refractivity contribution in [1.29, 1.82) is 0 Å². The van der Waals surface area contributed by atoms with Crippen LogP contribution in [0, 0.1) is 11.8 Å². The standard InChI is InChI=1S/C15H27NO/c17-15-8-5-3-1-2-4-6-12-10-13(15)7-9-16-14(15)11-12/h12-14,16-17H,1-11H2. The van der Waals surface area contributed by atoms with Crippen molar-refractivity contribution in [3.8, 4) is 0 Å². The van der Waals surface area contributed by atoms with E-state index >= 15 is 0 Å². The van der Waals surface area contributed by atoms with Gasteiger partial charge in [-0.05, 0) is 44.1 Å². The second kappa shape index (κ2) is 4.89. The third-order valence-corrected chi connectivity index (χ3v) is 5.57. The Morgan fingerprint density at radius 2 is 1.76 bits per heavy atom. The van der Waals surface area contributed by atoms with E-state index in [-0.39, 0.29) is 5.60 Å². The lowest BCUT2D eigenvalue weighted by molar-refractivity contribution is -0.114. The molecule has 0 spiro atoms. The van der Waals surface area contributed by atoms with E-state index in [1.807, 2.05) is 0 Å². The van der Waals surface area contributed by atoms with Crippen LogP contribution < -0.4 is 5.32 Å². The summed E-state index contributed by atoms with van der Waals surface area (Å²) in [5.74, 6) is 1.47. The quantitative estimate of drug-likeness (QED) is 0.679. The predicted octanol–water partition coefficient (Wildman–Crippen LogP) is 2.85. The Kier molecular flexibility index (Phi) is 3.45. The molecule has 0 aromatic rings. The smallest absolute Gasteiger partial charge is 0.0828 e. The molecular weight excluding hydrogens is 210 g/mol. The first-order valence-electron chi connectivity index (χ1n) is 7.75. The van der Waals surface area contributed by atoms with Crippen LogP contribution in [-0.2, 0) is 0 Å². The third kappa shape index (κ3) is 2.26. The van der Waals surface area contributed by atoms with Crippen LogP contribution in [0.2, 0.25) is 0 Å². The van der Waals surface area contributed by atoms with E-state index in [4.69, 9.17) is 0 Å². The van der Waals surface area contributed by atoms with Gasteiger partial charge in [-0.2, -0.15) is 0 Å². The molecule has 1 saturated heterocycles. The minimum Gasteiger partial charge on any atom is -0.388 e. The van der Waals surface area contributed by atoms with E-state index in [0.717, 1.165) is 18.9 Å². The topological polar surface area (TPSA) is 32.3 Å². The Balaban J connectivity index is 1.80. The molecule has 2 N–H and O–H groups in total. The fourth-order valence-electron chi connectivity index (χ4n) is 4.57. The number of fused-ring (bicyclic) bond motifs is 6. The second-order valence-electron chi connectivity index (χ2n) is 6.63. The molecule has 1 heterocycles. The third-order valence-electron chi connectivity index (χ3n) is 5.57. The van der Waals surface area contributed by atoms with Crippen molar-refractivity contribution in [2.24, 2.45) is 11.8 Å². The van der Waals surface area contributed by atoms with Crippen molar-refractivity contribution in [3.63, 3.8) is 0 Å². The van der Waals surface area contributed by atoms with Gasteiger partial charge < -0.3 is 10.4 Å². The summed E-state index contributed by atoms with van der Waals surface area (Å²) in [7, 11) is 0. The maximum Gasteiger partial charge on any atom is 0.0828 e. The number of hydrogen-bond donors (Lipinski definition) is 2. The molecule has 4 fully saturated rings. The first kappa shape index (κ1) is 12.0. The van der Waals surface area contributed by atoms with E-state index in [0.29, 0.717) is 12.0 Å². The van der Waals surface area contributed by atoms with Crippen molar-refractivity contribution in [1.82, 2.24) is 5.32 Å². The molecule has 4 bridgehead atoms. The van der Waals surface area contributed by atoms with Crippen LogP contribution in [0.5, 0.6) is 0 Å². The van der Waals surface area contributed by atoms with E-state index in [1.165, 1.54) is 57.8 Å². The van der Waals surface area contributed by atoms with Gasteiger partial charge in [-0.15, -0.1) is 0 Å². The van der Waals surface area contributed by atoms with Gasteiger partial charge in [0.1, 0.15) is 0 Å². The summed E-state index contributed by atoms with van der Waals surface area (Å²) in [6.07, 6.45) is 13.0. The normalized spacial score (nSPS) is 47.5. The van der Waals surface area contributed by atoms with Gasteiger partial charge in [0.15, 0.2) is 0 Å². The highest BCUT2D eigenvalue weighted by atomic mass is 16.3. The van der Waals surface area contributed by atoms with Crippen LogP contribution in [0.4, 0.5) is 0 Å². The van der Waals surface area contributed by atoms with Crippen molar-refractivity contribution >= 4 is 0 Å². The molecule has 4 unspecified atom stereocenters. The molecule has 3 aliphatic carbocycles. The molecule has 0 radical (unpaired) electrons. The maximum atomic E-state index is 11.0. The number of rotatable bonds is 0. The minimum atomic E-state index is -0.362. The van der Waals surface area contributed by atoms with E-state index in [9.17, 15) is 5.11 Å². The predicted molar refractivity (Wildman–Crippen MR) is 69.9 cm³/mol. The van der Waals surface area contributed by atoms with Gasteiger partial charge in [-0.3, -0.25) is 0 Å². The fraction of sp³-hybridized carbons (Fsp3) is 1.00. The van der Waals surface area contributed by atoms with Gasteiger partial charge in [0.05, 0.1) is 5.60 Å². The molecule has 2 heteroatoms. The second-order valence-corrected chi connectivity index (χ2v) is 6.63. The number of hydrogen-bond acceptors (Lipinski definition) is 2. The molecule has 3 saturated carbocycles. The van der Waals surface area contributed by atoms with Crippen LogP contribution in [-0.4, -0.2) is 23.3 Å². The van der Waals surface area contributed by atoms with Gasteiger partial charge >= 0.3 is 0 Å². The molecule has 4 atom stereocenters. The van der Waals surface area contributed by atoms with Gasteiger partial charge in [0.2, 0.25) is 0 Å². The minimum absolute atomic E-state index is 0.362. The van der Waals surface area contributed by atoms with Crippen LogP contribution in [0.15, 0.2) is 0 Å². The summed E-state index contributed by atoms with van der Waals surface area (Å²) in [6, 6.07) is 0.401. The first-order valence-corrected chi connectivity index (χ1v) is 7.75. The van der Waals surface area contributed by atoms with Crippen molar-refractivity contribution < 1.29 is 5.11 Å². The molecule has 0 amide bonds. The average Bonchev–Trinajstić information content (AvgIpc) is 2.33. The lowest BCUT2D eigenvalue weighted by atomic mass is 9.62. The lowest BCUT2D eigenvalue weighted by Crippen LogP contribution is -2.63. The van der Waals surface area contributed by atoms with E-state index in [1.54, 1.807) is 0 Å². The Morgan fingerprint density at radius 3 is 2.65 bits per heavy atom. The van der Waals surface area contributed by atoms with Gasteiger partial charge in [0, 0.05) is 6.04 Å². The monoisotopic (exact) mass is 237 g/mol. The van der Waals surface area contributed by atoms with Crippen molar-refractivity contribution in [3.05, 3.63) is 0 Å². The lowest BCUT2D eigenvalue weighted by Gasteiger charge is -2.52. The van der Waals surface area contributed by atoms with Crippen LogP contribution in [0.1, 0.15) is 64.2 Å². The summed E-state index contributed by atoms with van der Waals surface area (Å²) in [6.45, 7) is 1.13. The molecule has 0 aromatic heterocycles. The van der Waals surface area contributed by atoms with Crippen molar-refractivity contribution in [2.75, 3.05) is 6.54 Å². The molecule has 2 nitrogen and oxygen atoms in total. The molecule has 98 valence electrons. The Bertz CT molecular complexity index is 252. The summed E-state index contributed by atoms with van der Waals surface area (Å²) >= 11 is 0. The molecule has 1 aliphatic heterocycles. The zero-order valence-corrected chi connectivity index (χ0v) is 11.0. The van der Waals surface area contributed by atoms with Gasteiger partial charge in [-0.1, -0.05) is 38.5 Å². The largest absolute Gasteiger partial charge is 0.388 e. The Labute approximate surface area is 105 Å². The molecule has 0 aromatic carbocycles. The Morgan fingerprint density at radius 1 is 0.941 bits per heavy atom. The van der Waals surface area contributed by atoms with E-state index in [2.05, 4.69) is 5.32 Å². The summed E-state index contributed by atoms with van der Waals surface area (Å²) in [5, 5.41) is 14.7. The molecular formula is C15H27NO. The summed E-state index contributed by atoms with van der Waals surface area (Å²) < 4.78 is 0. The van der Waals surface area contributed by atoms with Gasteiger partial charge in [0.25, 0.3) is 0 Å². The highest BCUT2D eigenvalue weighted by molar-refractivity contribution is 5.05. The van der Waals surface area contributed by atoms with Crippen LogP contribution in [0.3, 0.4) is 0 Å². The summed E-state index contributed by atoms with van der Waals surface area (Å²) in [4.78, 5) is 0. The SMILES string of the molecule is OC12CCCCCCCC3CC1CCNC2C3. The van der Waals surface area contributed by atoms with E-state index < -0.39 is 0 Å². The zero-order chi connectivity index (χ0) is 11.7. The van der Waals surface area contributed by atoms with Gasteiger partial charge in [-0.25, -0.2) is 0 Å². The Hall–Kier alpha value is -0.0800. The number of nitrogens with one attached hydrogen (secondary N) is 1. The highest BCUT2D eigenvalue weighted by Crippen LogP contribution is 2.46.